The third-order valence-corrected chi connectivity index (χ3v) is 2.45. The number of ether oxygens (including phenoxy) is 1. The molecule has 0 amide bonds. The molecular formula is C11H17NO2. The zero-order chi connectivity index (χ0) is 10.6. The Labute approximate surface area is 84.5 Å². The van der Waals surface area contributed by atoms with Crippen molar-refractivity contribution < 1.29 is 9.84 Å². The Bertz CT molecular complexity index is 288. The maximum absolute atomic E-state index is 9.62. The zero-order valence-electron chi connectivity index (χ0n) is 8.60. The van der Waals surface area contributed by atoms with Crippen LogP contribution in [0.4, 0.5) is 0 Å². The van der Waals surface area contributed by atoms with Gasteiger partial charge in [-0.25, -0.2) is 0 Å². The van der Waals surface area contributed by atoms with Gasteiger partial charge in [0.15, 0.2) is 0 Å². The first-order valence-corrected chi connectivity index (χ1v) is 4.71. The predicted molar refractivity (Wildman–Crippen MR) is 56.5 cm³/mol. The number of aliphatic hydroxyl groups excluding tert-OH is 1. The van der Waals surface area contributed by atoms with Crippen molar-refractivity contribution in [2.24, 2.45) is 5.73 Å². The van der Waals surface area contributed by atoms with E-state index in [1.165, 1.54) is 0 Å². The molecule has 0 radical (unpaired) electrons. The van der Waals surface area contributed by atoms with Crippen LogP contribution in [0.25, 0.3) is 0 Å². The highest BCUT2D eigenvalue weighted by Gasteiger charge is 2.17. The summed E-state index contributed by atoms with van der Waals surface area (Å²) in [4.78, 5) is 0. The number of methoxy groups -OCH3 is 1. The lowest BCUT2D eigenvalue weighted by Gasteiger charge is -2.19. The van der Waals surface area contributed by atoms with Crippen molar-refractivity contribution in [2.75, 3.05) is 13.7 Å². The lowest BCUT2D eigenvalue weighted by molar-refractivity contribution is 0.156. The summed E-state index contributed by atoms with van der Waals surface area (Å²) < 4.78 is 5.21. The molecule has 2 atom stereocenters. The first kappa shape index (κ1) is 11.0. The average Bonchev–Trinajstić information content (AvgIpc) is 2.26. The normalized spacial score (nSPS) is 14.9. The van der Waals surface area contributed by atoms with Gasteiger partial charge in [0.25, 0.3) is 0 Å². The highest BCUT2D eigenvalue weighted by molar-refractivity contribution is 5.36. The minimum atomic E-state index is -0.522. The predicted octanol–water partition coefficient (Wildman–Crippen LogP) is 1.12. The van der Waals surface area contributed by atoms with E-state index in [1.54, 1.807) is 7.11 Å². The van der Waals surface area contributed by atoms with Crippen LogP contribution in [-0.2, 0) is 0 Å². The zero-order valence-corrected chi connectivity index (χ0v) is 8.60. The number of aliphatic hydroxyl groups is 1. The number of nitrogens with two attached hydrogens (primary N) is 1. The first-order valence-electron chi connectivity index (χ1n) is 4.71. The van der Waals surface area contributed by atoms with Crippen molar-refractivity contribution in [3.8, 4) is 5.75 Å². The Morgan fingerprint density at radius 1 is 1.43 bits per heavy atom. The van der Waals surface area contributed by atoms with Gasteiger partial charge in [0, 0.05) is 12.5 Å². The third-order valence-electron chi connectivity index (χ3n) is 2.45. The molecule has 0 saturated heterocycles. The van der Waals surface area contributed by atoms with Crippen LogP contribution >= 0.6 is 0 Å². The van der Waals surface area contributed by atoms with E-state index in [2.05, 4.69) is 0 Å². The summed E-state index contributed by atoms with van der Waals surface area (Å²) in [7, 11) is 1.63. The second kappa shape index (κ2) is 4.98. The Morgan fingerprint density at radius 2 is 2.07 bits per heavy atom. The van der Waals surface area contributed by atoms with Crippen LogP contribution in [0.3, 0.4) is 0 Å². The van der Waals surface area contributed by atoms with Gasteiger partial charge in [-0.1, -0.05) is 25.1 Å². The molecule has 0 aliphatic carbocycles. The van der Waals surface area contributed by atoms with Gasteiger partial charge in [0.1, 0.15) is 5.75 Å². The second-order valence-corrected chi connectivity index (χ2v) is 3.33. The van der Waals surface area contributed by atoms with Crippen LogP contribution < -0.4 is 10.5 Å². The highest BCUT2D eigenvalue weighted by atomic mass is 16.5. The van der Waals surface area contributed by atoms with Gasteiger partial charge in [-0.05, 0) is 11.6 Å². The maximum Gasteiger partial charge on any atom is 0.122 e. The summed E-state index contributed by atoms with van der Waals surface area (Å²) in [6.45, 7) is 2.20. The SMILES string of the molecule is COc1ccccc1C(C)C(O)CN. The summed E-state index contributed by atoms with van der Waals surface area (Å²) >= 11 is 0. The molecule has 0 aliphatic heterocycles. The lowest BCUT2D eigenvalue weighted by atomic mass is 9.94. The quantitative estimate of drug-likeness (QED) is 0.757. The maximum atomic E-state index is 9.62. The Balaban J connectivity index is 2.93. The molecule has 78 valence electrons. The van der Waals surface area contributed by atoms with Gasteiger partial charge < -0.3 is 15.6 Å². The fourth-order valence-electron chi connectivity index (χ4n) is 1.45. The van der Waals surface area contributed by atoms with Gasteiger partial charge in [-0.3, -0.25) is 0 Å². The van der Waals surface area contributed by atoms with Crippen LogP contribution in [0.15, 0.2) is 24.3 Å². The van der Waals surface area contributed by atoms with E-state index in [-0.39, 0.29) is 12.5 Å². The van der Waals surface area contributed by atoms with E-state index in [1.807, 2.05) is 31.2 Å². The summed E-state index contributed by atoms with van der Waals surface area (Å²) in [6.07, 6.45) is -0.522. The fraction of sp³-hybridized carbons (Fsp3) is 0.455. The van der Waals surface area contributed by atoms with E-state index in [0.29, 0.717) is 0 Å². The van der Waals surface area contributed by atoms with Gasteiger partial charge in [0.2, 0.25) is 0 Å². The minimum absolute atomic E-state index is 0.00356. The summed E-state index contributed by atoms with van der Waals surface area (Å²) in [5.41, 5.74) is 6.40. The molecule has 3 N–H and O–H groups in total. The van der Waals surface area contributed by atoms with Crippen LogP contribution in [0.5, 0.6) is 5.75 Å². The monoisotopic (exact) mass is 195 g/mol. The number of hydrogen-bond donors (Lipinski definition) is 2. The van der Waals surface area contributed by atoms with Crippen molar-refractivity contribution in [2.45, 2.75) is 18.9 Å². The smallest absolute Gasteiger partial charge is 0.122 e. The van der Waals surface area contributed by atoms with Gasteiger partial charge in [-0.15, -0.1) is 0 Å². The number of hydrogen-bond acceptors (Lipinski definition) is 3. The molecule has 0 heterocycles. The highest BCUT2D eigenvalue weighted by Crippen LogP contribution is 2.27. The first-order chi connectivity index (χ1) is 6.70. The molecule has 0 spiro atoms. The van der Waals surface area contributed by atoms with E-state index >= 15 is 0 Å². The van der Waals surface area contributed by atoms with Gasteiger partial charge in [0.05, 0.1) is 13.2 Å². The van der Waals surface area contributed by atoms with Crippen LogP contribution in [0, 0.1) is 0 Å². The average molecular weight is 195 g/mol. The summed E-state index contributed by atoms with van der Waals surface area (Å²) in [5.74, 6) is 0.795. The molecule has 1 rings (SSSR count). The Hall–Kier alpha value is -1.06. The van der Waals surface area contributed by atoms with Crippen LogP contribution in [-0.4, -0.2) is 24.9 Å². The molecule has 14 heavy (non-hydrogen) atoms. The van der Waals surface area contributed by atoms with Gasteiger partial charge >= 0.3 is 0 Å². The molecule has 0 bridgehead atoms. The van der Waals surface area contributed by atoms with Crippen molar-refractivity contribution >= 4 is 0 Å². The van der Waals surface area contributed by atoms with Crippen molar-refractivity contribution in [1.29, 1.82) is 0 Å². The van der Waals surface area contributed by atoms with Gasteiger partial charge in [-0.2, -0.15) is 0 Å². The van der Waals surface area contributed by atoms with E-state index in [4.69, 9.17) is 10.5 Å². The topological polar surface area (TPSA) is 55.5 Å². The van der Waals surface area contributed by atoms with Crippen LogP contribution in [0.2, 0.25) is 0 Å². The molecule has 0 saturated carbocycles. The molecule has 3 nitrogen and oxygen atoms in total. The molecule has 0 aromatic heterocycles. The summed E-state index contributed by atoms with van der Waals surface area (Å²) in [6, 6.07) is 7.67. The van der Waals surface area contributed by atoms with E-state index < -0.39 is 6.10 Å². The molecule has 1 aromatic rings. The van der Waals surface area contributed by atoms with Crippen LogP contribution in [0.1, 0.15) is 18.4 Å². The molecule has 1 aromatic carbocycles. The number of para-hydroxylation sites is 1. The summed E-state index contributed by atoms with van der Waals surface area (Å²) in [5, 5.41) is 9.62. The Kier molecular flexibility index (Phi) is 3.92. The molecule has 0 fully saturated rings. The number of rotatable bonds is 4. The third kappa shape index (κ3) is 2.25. The molecule has 0 aliphatic rings. The molecule has 2 unspecified atom stereocenters. The van der Waals surface area contributed by atoms with E-state index in [0.717, 1.165) is 11.3 Å². The lowest BCUT2D eigenvalue weighted by Crippen LogP contribution is -2.25. The minimum Gasteiger partial charge on any atom is -0.496 e. The molecule has 3 heteroatoms. The molecular weight excluding hydrogens is 178 g/mol. The fourth-order valence-corrected chi connectivity index (χ4v) is 1.45. The van der Waals surface area contributed by atoms with Crippen molar-refractivity contribution in [3.05, 3.63) is 29.8 Å². The second-order valence-electron chi connectivity index (χ2n) is 3.33. The van der Waals surface area contributed by atoms with Crippen molar-refractivity contribution in [1.82, 2.24) is 0 Å². The Morgan fingerprint density at radius 3 is 2.64 bits per heavy atom. The number of benzene rings is 1. The standard InChI is InChI=1S/C11H17NO2/c1-8(10(13)7-12)9-5-3-4-6-11(9)14-2/h3-6,8,10,13H,7,12H2,1-2H3. The largest absolute Gasteiger partial charge is 0.496 e. The van der Waals surface area contributed by atoms with Crippen molar-refractivity contribution in [3.63, 3.8) is 0 Å². The van der Waals surface area contributed by atoms with E-state index in [9.17, 15) is 5.11 Å².